The predicted molar refractivity (Wildman–Crippen MR) is 120 cm³/mol. The monoisotopic (exact) mass is 429 g/mol. The van der Waals surface area contributed by atoms with E-state index in [1.165, 1.54) is 23.7 Å². The lowest BCUT2D eigenvalue weighted by molar-refractivity contribution is -0.124. The number of carbonyl (C=O) groups excluding carboxylic acids is 1. The molecule has 0 radical (unpaired) electrons. The lowest BCUT2D eigenvalue weighted by atomic mass is 10.1. The Morgan fingerprint density at radius 2 is 1.60 bits per heavy atom. The van der Waals surface area contributed by atoms with Gasteiger partial charge in [-0.05, 0) is 62.7 Å². The lowest BCUT2D eigenvalue weighted by Crippen LogP contribution is -2.21. The van der Waals surface area contributed by atoms with Gasteiger partial charge in [0.05, 0.1) is 4.90 Å². The van der Waals surface area contributed by atoms with Gasteiger partial charge in [0.2, 0.25) is 0 Å². The van der Waals surface area contributed by atoms with Gasteiger partial charge in [-0.15, -0.1) is 0 Å². The second kappa shape index (κ2) is 10.6. The highest BCUT2D eigenvalue weighted by Gasteiger charge is 2.14. The first-order chi connectivity index (χ1) is 14.3. The van der Waals surface area contributed by atoms with E-state index in [0.717, 1.165) is 29.9 Å². The number of anilines is 2. The lowest BCUT2D eigenvalue weighted by Gasteiger charge is -2.21. The maximum atomic E-state index is 12.7. The van der Waals surface area contributed by atoms with Crippen LogP contribution in [0.2, 0.25) is 0 Å². The van der Waals surface area contributed by atoms with Crippen molar-refractivity contribution in [3.8, 4) is 0 Å². The molecular weight excluding hydrogens is 402 g/mol. The molecule has 0 bridgehead atoms. The fourth-order valence-corrected chi connectivity index (χ4v) is 3.90. The average molecular weight is 430 g/mol. The van der Waals surface area contributed by atoms with Crippen molar-refractivity contribution in [2.75, 3.05) is 22.7 Å². The number of sulfonamides is 1. The molecule has 7 nitrogen and oxygen atoms in total. The van der Waals surface area contributed by atoms with Crippen LogP contribution < -0.4 is 15.1 Å². The average Bonchev–Trinajstić information content (AvgIpc) is 2.74. The summed E-state index contributed by atoms with van der Waals surface area (Å²) in [5.41, 5.74) is 4.60. The largest absolute Gasteiger partial charge is 0.372 e. The summed E-state index contributed by atoms with van der Waals surface area (Å²) in [6.07, 6.45) is 4.52. The summed E-state index contributed by atoms with van der Waals surface area (Å²) in [5.74, 6) is -0.625. The fourth-order valence-electron chi connectivity index (χ4n) is 2.84. The number of nitrogens with one attached hydrogen (secondary N) is 2. The van der Waals surface area contributed by atoms with Crippen LogP contribution >= 0.6 is 0 Å². The van der Waals surface area contributed by atoms with E-state index in [0.29, 0.717) is 5.69 Å². The number of hydrogen-bond acceptors (Lipinski definition) is 5. The van der Waals surface area contributed by atoms with Crippen molar-refractivity contribution in [2.24, 2.45) is 0 Å². The third-order valence-corrected chi connectivity index (χ3v) is 5.84. The van der Waals surface area contributed by atoms with Gasteiger partial charge in [0.15, 0.2) is 0 Å². The van der Waals surface area contributed by atoms with Crippen molar-refractivity contribution in [1.29, 1.82) is 0 Å². The molecule has 2 aromatic rings. The minimum Gasteiger partial charge on any atom is -0.372 e. The van der Waals surface area contributed by atoms with E-state index in [2.05, 4.69) is 23.5 Å². The SMILES string of the molecule is CCN(CC)c1ccc(NS(=O)(=O)c2ccc(/C=C(C)/C=C/C(=O)NO)cc2)cc1. The van der Waals surface area contributed by atoms with Gasteiger partial charge in [-0.1, -0.05) is 29.9 Å². The Labute approximate surface area is 177 Å². The number of rotatable bonds is 9. The molecule has 0 atom stereocenters. The molecule has 1 amide bonds. The van der Waals surface area contributed by atoms with Crippen molar-refractivity contribution in [2.45, 2.75) is 25.7 Å². The molecule has 0 aromatic heterocycles. The first-order valence-corrected chi connectivity index (χ1v) is 11.1. The maximum absolute atomic E-state index is 12.7. The zero-order valence-corrected chi connectivity index (χ0v) is 18.1. The van der Waals surface area contributed by atoms with Gasteiger partial charge in [0, 0.05) is 30.5 Å². The second-order valence-corrected chi connectivity index (χ2v) is 8.27. The Morgan fingerprint density at radius 1 is 1.00 bits per heavy atom. The van der Waals surface area contributed by atoms with E-state index in [9.17, 15) is 13.2 Å². The minimum atomic E-state index is -3.71. The second-order valence-electron chi connectivity index (χ2n) is 6.59. The molecule has 2 aromatic carbocycles. The third kappa shape index (κ3) is 6.47. The molecule has 0 spiro atoms. The van der Waals surface area contributed by atoms with Gasteiger partial charge in [0.1, 0.15) is 0 Å². The minimum absolute atomic E-state index is 0.153. The smallest absolute Gasteiger partial charge is 0.267 e. The van der Waals surface area contributed by atoms with E-state index in [-0.39, 0.29) is 4.90 Å². The molecule has 0 saturated heterocycles. The zero-order chi connectivity index (χ0) is 22.1. The van der Waals surface area contributed by atoms with Crippen LogP contribution in [0.5, 0.6) is 0 Å². The maximum Gasteiger partial charge on any atom is 0.267 e. The van der Waals surface area contributed by atoms with Crippen LogP contribution in [0.15, 0.2) is 71.2 Å². The van der Waals surface area contributed by atoms with Gasteiger partial charge in [-0.3, -0.25) is 14.7 Å². The molecule has 8 heteroatoms. The van der Waals surface area contributed by atoms with Crippen molar-refractivity contribution >= 4 is 33.4 Å². The number of hydroxylamine groups is 1. The van der Waals surface area contributed by atoms with Crippen LogP contribution in [0.4, 0.5) is 11.4 Å². The summed E-state index contributed by atoms with van der Waals surface area (Å²) < 4.78 is 27.9. The van der Waals surface area contributed by atoms with E-state index in [1.807, 2.05) is 12.1 Å². The number of nitrogens with zero attached hydrogens (tertiary/aromatic N) is 1. The molecule has 160 valence electrons. The van der Waals surface area contributed by atoms with Crippen LogP contribution in [0.1, 0.15) is 26.3 Å². The molecule has 0 aliphatic rings. The molecule has 0 saturated carbocycles. The van der Waals surface area contributed by atoms with Crippen LogP contribution in [0.3, 0.4) is 0 Å². The first kappa shape index (κ1) is 23.2. The standard InChI is InChI=1S/C22H27N3O4S/c1-4-25(5-2)20-11-9-19(10-12-20)24-30(28,29)21-13-7-18(8-14-21)16-17(3)6-15-22(26)23-27/h6-16,24,27H,4-5H2,1-3H3,(H,23,26)/b15-6+,17-16+. The number of allylic oxidation sites excluding steroid dienone is 2. The molecule has 0 heterocycles. The number of amides is 1. The Morgan fingerprint density at radius 3 is 2.13 bits per heavy atom. The van der Waals surface area contributed by atoms with Crippen LogP contribution in [-0.2, 0) is 14.8 Å². The molecule has 30 heavy (non-hydrogen) atoms. The molecule has 0 fully saturated rings. The van der Waals surface area contributed by atoms with Gasteiger partial charge in [0.25, 0.3) is 15.9 Å². The van der Waals surface area contributed by atoms with Crippen molar-refractivity contribution in [3.05, 3.63) is 71.8 Å². The summed E-state index contributed by atoms with van der Waals surface area (Å²) in [5, 5.41) is 8.48. The predicted octanol–water partition coefficient (Wildman–Crippen LogP) is 3.80. The Hall–Kier alpha value is -3.10. The Bertz CT molecular complexity index is 1010. The Kier molecular flexibility index (Phi) is 8.20. The van der Waals surface area contributed by atoms with Gasteiger partial charge in [-0.25, -0.2) is 13.9 Å². The number of hydrogen-bond donors (Lipinski definition) is 3. The number of benzene rings is 2. The molecule has 0 aliphatic heterocycles. The van der Waals surface area contributed by atoms with Crippen molar-refractivity contribution in [1.82, 2.24) is 5.48 Å². The first-order valence-electron chi connectivity index (χ1n) is 9.57. The normalized spacial score (nSPS) is 12.1. The summed E-state index contributed by atoms with van der Waals surface area (Å²) in [4.78, 5) is 13.3. The topological polar surface area (TPSA) is 98.7 Å². The van der Waals surface area contributed by atoms with Crippen LogP contribution in [0.25, 0.3) is 6.08 Å². The highest BCUT2D eigenvalue weighted by atomic mass is 32.2. The molecule has 2 rings (SSSR count). The molecular formula is C22H27N3O4S. The molecule has 0 aliphatic carbocycles. The van der Waals surface area contributed by atoms with Gasteiger partial charge in [-0.2, -0.15) is 0 Å². The summed E-state index contributed by atoms with van der Waals surface area (Å²) in [7, 11) is -3.71. The van der Waals surface area contributed by atoms with Crippen molar-refractivity contribution in [3.63, 3.8) is 0 Å². The fraction of sp³-hybridized carbons (Fsp3) is 0.227. The summed E-state index contributed by atoms with van der Waals surface area (Å²) >= 11 is 0. The highest BCUT2D eigenvalue weighted by Crippen LogP contribution is 2.21. The van der Waals surface area contributed by atoms with Gasteiger partial charge >= 0.3 is 0 Å². The van der Waals surface area contributed by atoms with E-state index >= 15 is 0 Å². The van der Waals surface area contributed by atoms with Crippen LogP contribution in [-0.4, -0.2) is 32.6 Å². The third-order valence-electron chi connectivity index (χ3n) is 4.44. The molecule has 3 N–H and O–H groups in total. The van der Waals surface area contributed by atoms with Crippen LogP contribution in [0, 0.1) is 0 Å². The zero-order valence-electron chi connectivity index (χ0n) is 17.3. The van der Waals surface area contributed by atoms with Gasteiger partial charge < -0.3 is 4.90 Å². The quantitative estimate of drug-likeness (QED) is 0.244. The molecule has 0 unspecified atom stereocenters. The Balaban J connectivity index is 2.11. The summed E-state index contributed by atoms with van der Waals surface area (Å²) in [6.45, 7) is 7.69. The summed E-state index contributed by atoms with van der Waals surface area (Å²) in [6, 6.07) is 13.7. The number of carbonyl (C=O) groups is 1. The van der Waals surface area contributed by atoms with E-state index in [4.69, 9.17) is 5.21 Å². The van der Waals surface area contributed by atoms with Crippen molar-refractivity contribution < 1.29 is 18.4 Å². The highest BCUT2D eigenvalue weighted by molar-refractivity contribution is 7.92. The van der Waals surface area contributed by atoms with E-state index in [1.54, 1.807) is 43.3 Å². The van der Waals surface area contributed by atoms with E-state index < -0.39 is 15.9 Å².